The highest BCUT2D eigenvalue weighted by molar-refractivity contribution is 7.92. The minimum absolute atomic E-state index is 0.210. The van der Waals surface area contributed by atoms with Crippen LogP contribution in [0.2, 0.25) is 0 Å². The lowest BCUT2D eigenvalue weighted by molar-refractivity contribution is -0.147. The van der Waals surface area contributed by atoms with Gasteiger partial charge in [-0.2, -0.15) is 0 Å². The molecule has 0 unspecified atom stereocenters. The molecular weight excluding hydrogens is 390 g/mol. The van der Waals surface area contributed by atoms with Crippen molar-refractivity contribution in [3.63, 3.8) is 0 Å². The van der Waals surface area contributed by atoms with Crippen molar-refractivity contribution in [2.75, 3.05) is 11.3 Å². The predicted molar refractivity (Wildman–Crippen MR) is 114 cm³/mol. The summed E-state index contributed by atoms with van der Waals surface area (Å²) in [5, 5.41) is 9.16. The third-order valence-corrected chi connectivity index (χ3v) is 6.26. The van der Waals surface area contributed by atoms with Crippen LogP contribution in [0.1, 0.15) is 43.4 Å². The standard InChI is InChI=1S/C22H29NO5S/c1-15-7-9-18(10-8-15)29(26,27)23-19-13-17(3)20(14-16(19)2)28-12-6-11-22(4,5)21(24)25/h7-10,13-14,23H,6,11-12H2,1-5H3,(H,24,25). The number of carboxylic acid groups (broad SMARTS) is 1. The van der Waals surface area contributed by atoms with Gasteiger partial charge in [0.2, 0.25) is 0 Å². The average Bonchev–Trinajstić information content (AvgIpc) is 2.62. The van der Waals surface area contributed by atoms with E-state index in [9.17, 15) is 13.2 Å². The van der Waals surface area contributed by atoms with Crippen LogP contribution in [0.4, 0.5) is 5.69 Å². The van der Waals surface area contributed by atoms with Gasteiger partial charge in [0.1, 0.15) is 5.75 Å². The molecule has 2 rings (SSSR count). The van der Waals surface area contributed by atoms with Crippen molar-refractivity contribution in [2.45, 2.75) is 52.4 Å². The number of benzene rings is 2. The molecule has 0 fully saturated rings. The highest BCUT2D eigenvalue weighted by Crippen LogP contribution is 2.29. The minimum atomic E-state index is -3.67. The summed E-state index contributed by atoms with van der Waals surface area (Å²) in [7, 11) is -3.67. The molecule has 29 heavy (non-hydrogen) atoms. The lowest BCUT2D eigenvalue weighted by Crippen LogP contribution is -2.24. The van der Waals surface area contributed by atoms with E-state index >= 15 is 0 Å². The zero-order chi connectivity index (χ0) is 21.8. The number of hydrogen-bond acceptors (Lipinski definition) is 4. The molecule has 0 atom stereocenters. The van der Waals surface area contributed by atoms with E-state index in [2.05, 4.69) is 4.72 Å². The number of hydrogen-bond donors (Lipinski definition) is 2. The van der Waals surface area contributed by atoms with Gasteiger partial charge in [-0.1, -0.05) is 17.7 Å². The van der Waals surface area contributed by atoms with Crippen LogP contribution in [0, 0.1) is 26.2 Å². The Morgan fingerprint density at radius 3 is 2.28 bits per heavy atom. The first-order chi connectivity index (χ1) is 13.4. The molecule has 158 valence electrons. The maximum Gasteiger partial charge on any atom is 0.309 e. The fraction of sp³-hybridized carbons (Fsp3) is 0.409. The molecule has 0 aliphatic rings. The summed E-state index contributed by atoms with van der Waals surface area (Å²) in [6, 6.07) is 10.2. The molecule has 0 bridgehead atoms. The minimum Gasteiger partial charge on any atom is -0.493 e. The SMILES string of the molecule is Cc1ccc(S(=O)(=O)Nc2cc(C)c(OCCCC(C)(C)C(=O)O)cc2C)cc1. The fourth-order valence-electron chi connectivity index (χ4n) is 2.78. The van der Waals surface area contributed by atoms with Crippen LogP contribution in [0.3, 0.4) is 0 Å². The number of ether oxygens (including phenoxy) is 1. The van der Waals surface area contributed by atoms with Crippen LogP contribution >= 0.6 is 0 Å². The van der Waals surface area contributed by atoms with Crippen molar-refractivity contribution in [1.82, 2.24) is 0 Å². The monoisotopic (exact) mass is 419 g/mol. The Bertz CT molecular complexity index is 979. The number of rotatable bonds is 9. The molecule has 7 heteroatoms. The van der Waals surface area contributed by atoms with Crippen molar-refractivity contribution in [1.29, 1.82) is 0 Å². The van der Waals surface area contributed by atoms with E-state index in [4.69, 9.17) is 9.84 Å². The van der Waals surface area contributed by atoms with Crippen molar-refractivity contribution >= 4 is 21.7 Å². The van der Waals surface area contributed by atoms with E-state index in [1.54, 1.807) is 50.2 Å². The number of carboxylic acids is 1. The Morgan fingerprint density at radius 1 is 1.07 bits per heavy atom. The molecule has 6 nitrogen and oxygen atoms in total. The number of anilines is 1. The molecule has 0 saturated carbocycles. The molecule has 0 heterocycles. The van der Waals surface area contributed by atoms with E-state index < -0.39 is 21.4 Å². The molecular formula is C22H29NO5S. The molecule has 0 spiro atoms. The van der Waals surface area contributed by atoms with Gasteiger partial charge in [0.05, 0.1) is 22.6 Å². The summed E-state index contributed by atoms with van der Waals surface area (Å²) in [4.78, 5) is 11.4. The Kier molecular flexibility index (Phi) is 6.95. The third kappa shape index (κ3) is 5.97. The van der Waals surface area contributed by atoms with Crippen molar-refractivity contribution in [3.05, 3.63) is 53.1 Å². The first-order valence-electron chi connectivity index (χ1n) is 9.49. The van der Waals surface area contributed by atoms with E-state index in [1.807, 2.05) is 20.8 Å². The van der Waals surface area contributed by atoms with Crippen molar-refractivity contribution < 1.29 is 23.1 Å². The molecule has 0 radical (unpaired) electrons. The summed E-state index contributed by atoms with van der Waals surface area (Å²) in [5.74, 6) is -0.163. The number of nitrogens with one attached hydrogen (secondary N) is 1. The van der Waals surface area contributed by atoms with Gasteiger partial charge in [-0.15, -0.1) is 0 Å². The summed E-state index contributed by atoms with van der Waals surface area (Å²) < 4.78 is 33.7. The summed E-state index contributed by atoms with van der Waals surface area (Å²) in [5.41, 5.74) is 2.25. The number of sulfonamides is 1. The molecule has 2 N–H and O–H groups in total. The van der Waals surface area contributed by atoms with Gasteiger partial charge in [-0.05, 0) is 82.9 Å². The Labute approximate surface area is 173 Å². The quantitative estimate of drug-likeness (QED) is 0.576. The van der Waals surface area contributed by atoms with Gasteiger partial charge in [0.25, 0.3) is 10.0 Å². The highest BCUT2D eigenvalue weighted by atomic mass is 32.2. The van der Waals surface area contributed by atoms with Crippen LogP contribution in [-0.4, -0.2) is 26.1 Å². The zero-order valence-corrected chi connectivity index (χ0v) is 18.4. The largest absolute Gasteiger partial charge is 0.493 e. The molecule has 2 aromatic carbocycles. The summed E-state index contributed by atoms with van der Waals surface area (Å²) in [6.07, 6.45) is 1.12. The number of carbonyl (C=O) groups is 1. The lowest BCUT2D eigenvalue weighted by atomic mass is 9.88. The van der Waals surface area contributed by atoms with Crippen molar-refractivity contribution in [2.24, 2.45) is 5.41 Å². The molecule has 0 saturated heterocycles. The van der Waals surface area contributed by atoms with Crippen molar-refractivity contribution in [3.8, 4) is 5.75 Å². The molecule has 2 aromatic rings. The van der Waals surface area contributed by atoms with Crippen LogP contribution < -0.4 is 9.46 Å². The maximum absolute atomic E-state index is 12.6. The zero-order valence-electron chi connectivity index (χ0n) is 17.6. The smallest absolute Gasteiger partial charge is 0.309 e. The van der Waals surface area contributed by atoms with E-state index in [1.165, 1.54) is 0 Å². The Morgan fingerprint density at radius 2 is 1.69 bits per heavy atom. The van der Waals surface area contributed by atoms with Gasteiger partial charge < -0.3 is 9.84 Å². The third-order valence-electron chi connectivity index (χ3n) is 4.88. The van der Waals surface area contributed by atoms with Crippen LogP contribution in [-0.2, 0) is 14.8 Å². The predicted octanol–water partition coefficient (Wildman–Crippen LogP) is 4.68. The summed E-state index contributed by atoms with van der Waals surface area (Å²) in [6.45, 7) is 9.34. The van der Waals surface area contributed by atoms with Crippen LogP contribution in [0.15, 0.2) is 41.3 Å². The second-order valence-corrected chi connectivity index (χ2v) is 9.67. The first kappa shape index (κ1) is 22.7. The first-order valence-corrected chi connectivity index (χ1v) is 11.0. The van der Waals surface area contributed by atoms with E-state index in [-0.39, 0.29) is 4.90 Å². The Hall–Kier alpha value is -2.54. The summed E-state index contributed by atoms with van der Waals surface area (Å²) >= 11 is 0. The van der Waals surface area contributed by atoms with Crippen LogP contribution in [0.25, 0.3) is 0 Å². The normalized spacial score (nSPS) is 11.9. The van der Waals surface area contributed by atoms with E-state index in [0.717, 1.165) is 16.7 Å². The van der Waals surface area contributed by atoms with Gasteiger partial charge in [-0.3, -0.25) is 9.52 Å². The van der Waals surface area contributed by atoms with Gasteiger partial charge in [0.15, 0.2) is 0 Å². The Balaban J connectivity index is 2.07. The average molecular weight is 420 g/mol. The number of aliphatic carboxylic acids is 1. The second-order valence-electron chi connectivity index (χ2n) is 7.99. The van der Waals surface area contributed by atoms with Crippen LogP contribution in [0.5, 0.6) is 5.75 Å². The molecule has 0 aliphatic carbocycles. The molecule has 0 aliphatic heterocycles. The van der Waals surface area contributed by atoms with Gasteiger partial charge in [-0.25, -0.2) is 8.42 Å². The fourth-order valence-corrected chi connectivity index (χ4v) is 3.90. The molecule has 0 amide bonds. The second kappa shape index (κ2) is 8.86. The van der Waals surface area contributed by atoms with E-state index in [0.29, 0.717) is 30.9 Å². The lowest BCUT2D eigenvalue weighted by Gasteiger charge is -2.19. The molecule has 0 aromatic heterocycles. The topological polar surface area (TPSA) is 92.7 Å². The highest BCUT2D eigenvalue weighted by Gasteiger charge is 2.26. The van der Waals surface area contributed by atoms with Gasteiger partial charge >= 0.3 is 5.97 Å². The van der Waals surface area contributed by atoms with Gasteiger partial charge in [0, 0.05) is 0 Å². The maximum atomic E-state index is 12.6. The number of aryl methyl sites for hydroxylation is 3.